The van der Waals surface area contributed by atoms with Crippen LogP contribution in [0.4, 0.5) is 0 Å². The summed E-state index contributed by atoms with van der Waals surface area (Å²) < 4.78 is 1.67. The number of hydrogen-bond donors (Lipinski definition) is 2. The van der Waals surface area contributed by atoms with E-state index in [0.717, 1.165) is 25.7 Å². The third kappa shape index (κ3) is 2.97. The van der Waals surface area contributed by atoms with Crippen LogP contribution in [0.25, 0.3) is 11.0 Å². The van der Waals surface area contributed by atoms with Crippen LogP contribution in [0.3, 0.4) is 0 Å². The zero-order chi connectivity index (χ0) is 17.5. The fourth-order valence-corrected chi connectivity index (χ4v) is 3.45. The number of amides is 1. The number of fused-ring (bicyclic) bond motifs is 1. The van der Waals surface area contributed by atoms with Crippen LogP contribution in [-0.2, 0) is 12.5 Å². The Labute approximate surface area is 141 Å². The van der Waals surface area contributed by atoms with Crippen LogP contribution in [0.5, 0.6) is 0 Å². The monoisotopic (exact) mass is 330 g/mol. The lowest BCUT2D eigenvalue weighted by molar-refractivity contribution is 0.0926. The van der Waals surface area contributed by atoms with Gasteiger partial charge in [-0.25, -0.2) is 0 Å². The maximum atomic E-state index is 13.0. The molecule has 24 heavy (non-hydrogen) atoms. The minimum atomic E-state index is -0.284. The number of rotatable bonds is 2. The van der Waals surface area contributed by atoms with Crippen molar-refractivity contribution in [3.63, 3.8) is 0 Å². The Morgan fingerprint density at radius 3 is 2.58 bits per heavy atom. The van der Waals surface area contributed by atoms with Gasteiger partial charge < -0.3 is 10.3 Å². The Kier molecular flexibility index (Phi) is 4.24. The summed E-state index contributed by atoms with van der Waals surface area (Å²) in [4.78, 5) is 28.6. The summed E-state index contributed by atoms with van der Waals surface area (Å²) in [6.07, 6.45) is 6.99. The van der Waals surface area contributed by atoms with Gasteiger partial charge in [-0.3, -0.25) is 14.3 Å². The lowest BCUT2D eigenvalue weighted by atomic mass is 9.90. The number of nitrogens with one attached hydrogen (secondary N) is 2. The maximum absolute atomic E-state index is 13.0. The van der Waals surface area contributed by atoms with Crippen LogP contribution in [0, 0.1) is 0 Å². The first-order valence-corrected chi connectivity index (χ1v) is 8.69. The molecule has 0 spiro atoms. The average molecular weight is 330 g/mol. The predicted molar refractivity (Wildman–Crippen MR) is 94.4 cm³/mol. The number of nitrogens with zero attached hydrogens (tertiary/aromatic N) is 2. The molecule has 6 heteroatoms. The normalized spacial score (nSPS) is 16.5. The summed E-state index contributed by atoms with van der Waals surface area (Å²) in [7, 11) is 1.80. The molecule has 0 aromatic carbocycles. The molecule has 3 rings (SSSR count). The molecule has 1 fully saturated rings. The number of carbonyl (C=O) groups excluding carboxylic acids is 1. The topological polar surface area (TPSA) is 79.8 Å². The number of pyridine rings is 1. The molecule has 0 saturated heterocycles. The second kappa shape index (κ2) is 6.07. The quantitative estimate of drug-likeness (QED) is 0.888. The van der Waals surface area contributed by atoms with E-state index in [9.17, 15) is 9.59 Å². The van der Waals surface area contributed by atoms with Crippen LogP contribution in [0.2, 0.25) is 0 Å². The molecule has 1 aliphatic rings. The zero-order valence-electron chi connectivity index (χ0n) is 14.9. The van der Waals surface area contributed by atoms with Crippen molar-refractivity contribution in [1.82, 2.24) is 20.1 Å². The highest BCUT2D eigenvalue weighted by Gasteiger charge is 2.26. The van der Waals surface area contributed by atoms with E-state index in [-0.39, 0.29) is 28.4 Å². The van der Waals surface area contributed by atoms with Gasteiger partial charge in [0.05, 0.1) is 11.1 Å². The lowest BCUT2D eigenvalue weighted by Crippen LogP contribution is -2.38. The molecule has 1 aliphatic carbocycles. The van der Waals surface area contributed by atoms with Gasteiger partial charge in [-0.1, -0.05) is 40.0 Å². The van der Waals surface area contributed by atoms with Gasteiger partial charge in [0.1, 0.15) is 11.2 Å². The zero-order valence-corrected chi connectivity index (χ0v) is 14.9. The van der Waals surface area contributed by atoms with Crippen LogP contribution in [0.1, 0.15) is 68.9 Å². The Morgan fingerprint density at radius 1 is 1.29 bits per heavy atom. The predicted octanol–water partition coefficient (Wildman–Crippen LogP) is 2.62. The van der Waals surface area contributed by atoms with E-state index in [0.29, 0.717) is 16.7 Å². The van der Waals surface area contributed by atoms with E-state index < -0.39 is 0 Å². The number of aryl methyl sites for hydroxylation is 1. The molecule has 0 aliphatic heterocycles. The number of aromatic nitrogens is 3. The highest BCUT2D eigenvalue weighted by molar-refractivity contribution is 5.97. The summed E-state index contributed by atoms with van der Waals surface area (Å²) in [5.74, 6) is -0.284. The van der Waals surface area contributed by atoms with Crippen molar-refractivity contribution in [3.05, 3.63) is 27.7 Å². The Hall–Kier alpha value is -2.11. The molecule has 0 atom stereocenters. The minimum Gasteiger partial charge on any atom is -0.349 e. The van der Waals surface area contributed by atoms with E-state index in [2.05, 4.69) is 15.4 Å². The third-order valence-corrected chi connectivity index (χ3v) is 4.77. The minimum absolute atomic E-state index is 0.173. The van der Waals surface area contributed by atoms with Crippen molar-refractivity contribution >= 4 is 16.9 Å². The largest absolute Gasteiger partial charge is 0.349 e. The SMILES string of the molecule is Cn1nc(C(C)(C)C)c2c(=O)c(C(=O)NC3CCCCC3)c[nH]c21. The van der Waals surface area contributed by atoms with Gasteiger partial charge in [-0.15, -0.1) is 0 Å². The first kappa shape index (κ1) is 16.7. The summed E-state index contributed by atoms with van der Waals surface area (Å²) in [5.41, 5.74) is 1.03. The van der Waals surface area contributed by atoms with Crippen molar-refractivity contribution in [2.24, 2.45) is 7.05 Å². The lowest BCUT2D eigenvalue weighted by Gasteiger charge is -2.22. The number of aromatic amines is 1. The van der Waals surface area contributed by atoms with Gasteiger partial charge in [0, 0.05) is 24.7 Å². The molecular weight excluding hydrogens is 304 g/mol. The fraction of sp³-hybridized carbons (Fsp3) is 0.611. The van der Waals surface area contributed by atoms with E-state index in [1.54, 1.807) is 11.7 Å². The summed E-state index contributed by atoms with van der Waals surface area (Å²) in [6, 6.07) is 0.178. The maximum Gasteiger partial charge on any atom is 0.256 e. The first-order valence-electron chi connectivity index (χ1n) is 8.69. The Bertz CT molecular complexity index is 820. The molecule has 2 heterocycles. The van der Waals surface area contributed by atoms with Gasteiger partial charge in [-0.05, 0) is 12.8 Å². The standard InChI is InChI=1S/C18H26N4O2/c1-18(2,3)15-13-14(23)12(10-19-16(13)22(4)21-15)17(24)20-11-8-6-5-7-9-11/h10-11H,5-9H2,1-4H3,(H,19,23)(H,20,24). The highest BCUT2D eigenvalue weighted by Crippen LogP contribution is 2.26. The summed E-state index contributed by atoms with van der Waals surface area (Å²) in [5, 5.41) is 8.03. The molecule has 2 aromatic heterocycles. The molecule has 1 saturated carbocycles. The van der Waals surface area contributed by atoms with Crippen molar-refractivity contribution in [2.75, 3.05) is 0 Å². The highest BCUT2D eigenvalue weighted by atomic mass is 16.2. The van der Waals surface area contributed by atoms with E-state index in [1.807, 2.05) is 20.8 Å². The molecule has 1 amide bonds. The Morgan fingerprint density at radius 2 is 1.96 bits per heavy atom. The van der Waals surface area contributed by atoms with E-state index in [1.165, 1.54) is 12.6 Å². The third-order valence-electron chi connectivity index (χ3n) is 4.77. The van der Waals surface area contributed by atoms with Crippen LogP contribution >= 0.6 is 0 Å². The van der Waals surface area contributed by atoms with Gasteiger partial charge >= 0.3 is 0 Å². The number of hydrogen-bond acceptors (Lipinski definition) is 3. The van der Waals surface area contributed by atoms with Gasteiger partial charge in [0.25, 0.3) is 5.91 Å². The van der Waals surface area contributed by atoms with Crippen LogP contribution in [-0.4, -0.2) is 26.7 Å². The van der Waals surface area contributed by atoms with E-state index in [4.69, 9.17) is 0 Å². The van der Waals surface area contributed by atoms with Crippen molar-refractivity contribution in [1.29, 1.82) is 0 Å². The smallest absolute Gasteiger partial charge is 0.256 e. The second-order valence-electron chi connectivity index (χ2n) is 7.79. The molecule has 2 aromatic rings. The summed E-state index contributed by atoms with van der Waals surface area (Å²) >= 11 is 0. The molecule has 2 N–H and O–H groups in total. The van der Waals surface area contributed by atoms with Gasteiger partial charge in [0.15, 0.2) is 0 Å². The van der Waals surface area contributed by atoms with Crippen LogP contribution in [0.15, 0.2) is 11.0 Å². The number of H-pyrrole nitrogens is 1. The van der Waals surface area contributed by atoms with Gasteiger partial charge in [0.2, 0.25) is 5.43 Å². The molecule has 6 nitrogen and oxygen atoms in total. The molecule has 130 valence electrons. The van der Waals surface area contributed by atoms with Crippen LogP contribution < -0.4 is 10.7 Å². The fourth-order valence-electron chi connectivity index (χ4n) is 3.45. The van der Waals surface area contributed by atoms with Gasteiger partial charge in [-0.2, -0.15) is 5.10 Å². The second-order valence-corrected chi connectivity index (χ2v) is 7.79. The van der Waals surface area contributed by atoms with Crippen molar-refractivity contribution in [2.45, 2.75) is 64.3 Å². The first-order chi connectivity index (χ1) is 11.3. The van der Waals surface area contributed by atoms with Crippen molar-refractivity contribution in [3.8, 4) is 0 Å². The summed E-state index contributed by atoms with van der Waals surface area (Å²) in [6.45, 7) is 6.05. The molecule has 0 bridgehead atoms. The van der Waals surface area contributed by atoms with Crippen molar-refractivity contribution < 1.29 is 4.79 Å². The van der Waals surface area contributed by atoms with E-state index >= 15 is 0 Å². The Balaban J connectivity index is 2.02. The molecular formula is C18H26N4O2. The molecule has 0 radical (unpaired) electrons. The average Bonchev–Trinajstić information content (AvgIpc) is 2.87. The molecule has 0 unspecified atom stereocenters. The number of carbonyl (C=O) groups is 1.